The van der Waals surface area contributed by atoms with Gasteiger partial charge in [-0.3, -0.25) is 4.99 Å². The zero-order valence-corrected chi connectivity index (χ0v) is 13.7. The molecule has 0 fully saturated rings. The summed E-state index contributed by atoms with van der Waals surface area (Å²) >= 11 is 0. The molecule has 0 spiro atoms. The van der Waals surface area contributed by atoms with Crippen molar-refractivity contribution in [3.05, 3.63) is 24.3 Å². The van der Waals surface area contributed by atoms with Crippen LogP contribution >= 0.6 is 24.0 Å². The Hall–Kier alpha value is -1.02. The van der Waals surface area contributed by atoms with Crippen molar-refractivity contribution in [3.8, 4) is 5.75 Å². The van der Waals surface area contributed by atoms with Crippen LogP contribution in [0.3, 0.4) is 0 Å². The molecule has 0 unspecified atom stereocenters. The Bertz CT molecular complexity index is 386. The van der Waals surface area contributed by atoms with Gasteiger partial charge in [-0.15, -0.1) is 24.0 Å². The average molecular weight is 379 g/mol. The molecule has 19 heavy (non-hydrogen) atoms. The molecule has 1 aromatic carbocycles. The first-order valence-corrected chi connectivity index (χ1v) is 6.05. The lowest BCUT2D eigenvalue weighted by molar-refractivity contribution is 0.146. The summed E-state index contributed by atoms with van der Waals surface area (Å²) in [6.45, 7) is 4.08. The second-order valence-electron chi connectivity index (χ2n) is 3.67. The summed E-state index contributed by atoms with van der Waals surface area (Å²) in [7, 11) is 1.63. The van der Waals surface area contributed by atoms with Crippen molar-refractivity contribution >= 4 is 35.6 Å². The summed E-state index contributed by atoms with van der Waals surface area (Å²) in [5, 5.41) is 3.01. The zero-order chi connectivity index (χ0) is 13.2. The van der Waals surface area contributed by atoms with Crippen LogP contribution in [0, 0.1) is 0 Å². The summed E-state index contributed by atoms with van der Waals surface area (Å²) in [5.41, 5.74) is 6.63. The van der Waals surface area contributed by atoms with Crippen LogP contribution in [0.5, 0.6) is 5.75 Å². The number of hydrogen-bond acceptors (Lipinski definition) is 3. The molecular formula is C13H22IN3O2. The van der Waals surface area contributed by atoms with Crippen LogP contribution in [0.2, 0.25) is 0 Å². The highest BCUT2D eigenvalue weighted by molar-refractivity contribution is 14.0. The van der Waals surface area contributed by atoms with E-state index in [4.69, 9.17) is 15.2 Å². The number of benzene rings is 1. The summed E-state index contributed by atoms with van der Waals surface area (Å²) in [6.07, 6.45) is 0.869. The van der Waals surface area contributed by atoms with Gasteiger partial charge in [-0.2, -0.15) is 0 Å². The van der Waals surface area contributed by atoms with Crippen molar-refractivity contribution in [2.75, 3.05) is 32.2 Å². The second kappa shape index (κ2) is 10.9. The first-order valence-electron chi connectivity index (χ1n) is 6.05. The second-order valence-corrected chi connectivity index (χ2v) is 3.67. The molecule has 0 atom stereocenters. The van der Waals surface area contributed by atoms with Crippen molar-refractivity contribution in [1.82, 2.24) is 0 Å². The fraction of sp³-hybridized carbons (Fsp3) is 0.462. The molecule has 0 aromatic heterocycles. The maximum Gasteiger partial charge on any atom is 0.193 e. The SMILES string of the molecule is CCOCCCN=C(N)Nc1cccc(OC)c1.I. The van der Waals surface area contributed by atoms with E-state index in [1.54, 1.807) is 7.11 Å². The molecule has 108 valence electrons. The highest BCUT2D eigenvalue weighted by atomic mass is 127. The normalized spacial score (nSPS) is 10.7. The fourth-order valence-electron chi connectivity index (χ4n) is 1.40. The van der Waals surface area contributed by atoms with Crippen molar-refractivity contribution in [3.63, 3.8) is 0 Å². The van der Waals surface area contributed by atoms with Crippen LogP contribution < -0.4 is 15.8 Å². The van der Waals surface area contributed by atoms with Gasteiger partial charge in [-0.25, -0.2) is 0 Å². The molecular weight excluding hydrogens is 357 g/mol. The van der Waals surface area contributed by atoms with Crippen LogP contribution in [0.25, 0.3) is 0 Å². The van der Waals surface area contributed by atoms with Crippen LogP contribution in [-0.4, -0.2) is 32.8 Å². The van der Waals surface area contributed by atoms with Gasteiger partial charge >= 0.3 is 0 Å². The van der Waals surface area contributed by atoms with E-state index in [-0.39, 0.29) is 24.0 Å². The lowest BCUT2D eigenvalue weighted by atomic mass is 10.3. The van der Waals surface area contributed by atoms with E-state index in [0.29, 0.717) is 19.1 Å². The van der Waals surface area contributed by atoms with E-state index in [0.717, 1.165) is 24.5 Å². The predicted molar refractivity (Wildman–Crippen MR) is 89.6 cm³/mol. The number of methoxy groups -OCH3 is 1. The maximum atomic E-state index is 5.77. The first kappa shape index (κ1) is 18.0. The predicted octanol–water partition coefficient (Wildman–Crippen LogP) is 2.47. The van der Waals surface area contributed by atoms with E-state index in [9.17, 15) is 0 Å². The molecule has 3 N–H and O–H groups in total. The Balaban J connectivity index is 0.00000324. The molecule has 0 aliphatic carbocycles. The first-order chi connectivity index (χ1) is 8.76. The molecule has 0 bridgehead atoms. The summed E-state index contributed by atoms with van der Waals surface area (Å²) in [5.74, 6) is 1.18. The number of rotatable bonds is 7. The number of nitrogens with one attached hydrogen (secondary N) is 1. The zero-order valence-electron chi connectivity index (χ0n) is 11.4. The van der Waals surface area contributed by atoms with Crippen molar-refractivity contribution in [2.24, 2.45) is 10.7 Å². The van der Waals surface area contributed by atoms with Gasteiger partial charge in [0.05, 0.1) is 7.11 Å². The molecule has 0 aliphatic rings. The molecule has 1 rings (SSSR count). The topological polar surface area (TPSA) is 68.9 Å². The van der Waals surface area contributed by atoms with E-state index in [1.807, 2.05) is 31.2 Å². The molecule has 0 amide bonds. The van der Waals surface area contributed by atoms with Crippen molar-refractivity contribution < 1.29 is 9.47 Å². The average Bonchev–Trinajstić information content (AvgIpc) is 2.38. The van der Waals surface area contributed by atoms with Gasteiger partial charge in [-0.05, 0) is 25.5 Å². The van der Waals surface area contributed by atoms with Gasteiger partial charge < -0.3 is 20.5 Å². The summed E-state index contributed by atoms with van der Waals surface area (Å²) in [6, 6.07) is 7.54. The summed E-state index contributed by atoms with van der Waals surface area (Å²) < 4.78 is 10.3. The minimum atomic E-state index is 0. The molecule has 5 nitrogen and oxygen atoms in total. The molecule has 6 heteroatoms. The van der Waals surface area contributed by atoms with Gasteiger partial charge in [0.2, 0.25) is 0 Å². The lowest BCUT2D eigenvalue weighted by Gasteiger charge is -2.07. The smallest absolute Gasteiger partial charge is 0.193 e. The van der Waals surface area contributed by atoms with Crippen LogP contribution in [0.4, 0.5) is 5.69 Å². The quantitative estimate of drug-likeness (QED) is 0.331. The Labute approximate surface area is 131 Å². The molecule has 0 aliphatic heterocycles. The number of anilines is 1. The van der Waals surface area contributed by atoms with E-state index >= 15 is 0 Å². The number of guanidine groups is 1. The van der Waals surface area contributed by atoms with Gasteiger partial charge in [0.25, 0.3) is 0 Å². The third kappa shape index (κ3) is 7.89. The largest absolute Gasteiger partial charge is 0.497 e. The maximum absolute atomic E-state index is 5.77. The number of nitrogens with two attached hydrogens (primary N) is 1. The van der Waals surface area contributed by atoms with E-state index in [2.05, 4.69) is 10.3 Å². The number of halogens is 1. The van der Waals surface area contributed by atoms with Crippen LogP contribution in [0.15, 0.2) is 29.3 Å². The highest BCUT2D eigenvalue weighted by Gasteiger charge is 1.97. The summed E-state index contributed by atoms with van der Waals surface area (Å²) in [4.78, 5) is 4.21. The van der Waals surface area contributed by atoms with Crippen LogP contribution in [-0.2, 0) is 4.74 Å². The Kier molecular flexibility index (Phi) is 10.3. The van der Waals surface area contributed by atoms with Gasteiger partial charge in [-0.1, -0.05) is 6.07 Å². The Morgan fingerprint density at radius 2 is 2.21 bits per heavy atom. The lowest BCUT2D eigenvalue weighted by Crippen LogP contribution is -2.23. The molecule has 0 radical (unpaired) electrons. The van der Waals surface area contributed by atoms with Crippen LogP contribution in [0.1, 0.15) is 13.3 Å². The number of aliphatic imine (C=N–C) groups is 1. The minimum Gasteiger partial charge on any atom is -0.497 e. The Morgan fingerprint density at radius 3 is 2.89 bits per heavy atom. The van der Waals surface area contributed by atoms with Gasteiger partial charge in [0.15, 0.2) is 5.96 Å². The van der Waals surface area contributed by atoms with E-state index < -0.39 is 0 Å². The number of hydrogen-bond donors (Lipinski definition) is 2. The molecule has 0 saturated carbocycles. The fourth-order valence-corrected chi connectivity index (χ4v) is 1.40. The third-order valence-corrected chi connectivity index (χ3v) is 2.28. The number of ether oxygens (including phenoxy) is 2. The molecule has 0 saturated heterocycles. The van der Waals surface area contributed by atoms with E-state index in [1.165, 1.54) is 0 Å². The highest BCUT2D eigenvalue weighted by Crippen LogP contribution is 2.16. The number of nitrogens with zero attached hydrogens (tertiary/aromatic N) is 1. The minimum absolute atomic E-state index is 0. The van der Waals surface area contributed by atoms with Gasteiger partial charge in [0, 0.05) is 31.5 Å². The van der Waals surface area contributed by atoms with Crippen molar-refractivity contribution in [1.29, 1.82) is 0 Å². The van der Waals surface area contributed by atoms with Crippen molar-refractivity contribution in [2.45, 2.75) is 13.3 Å². The molecule has 0 heterocycles. The Morgan fingerprint density at radius 1 is 1.42 bits per heavy atom. The third-order valence-electron chi connectivity index (χ3n) is 2.28. The monoisotopic (exact) mass is 379 g/mol. The van der Waals surface area contributed by atoms with Gasteiger partial charge in [0.1, 0.15) is 5.75 Å². The standard InChI is InChI=1S/C13H21N3O2.HI/c1-3-18-9-5-8-15-13(14)16-11-6-4-7-12(10-11)17-2;/h4,6-7,10H,3,5,8-9H2,1-2H3,(H3,14,15,16);1H. The molecule has 1 aromatic rings.